The summed E-state index contributed by atoms with van der Waals surface area (Å²) in [7, 11) is 0. The van der Waals surface area contributed by atoms with E-state index >= 15 is 0 Å². The van der Waals surface area contributed by atoms with Crippen LogP contribution in [0.1, 0.15) is 26.2 Å². The summed E-state index contributed by atoms with van der Waals surface area (Å²) >= 11 is 1.45. The van der Waals surface area contributed by atoms with Gasteiger partial charge in [0.25, 0.3) is 0 Å². The molecule has 0 bridgehead atoms. The molecular weight excluding hydrogens is 606 g/mol. The minimum atomic E-state index is -1.10. The van der Waals surface area contributed by atoms with Gasteiger partial charge >= 0.3 is 11.9 Å². The van der Waals surface area contributed by atoms with Gasteiger partial charge in [0.1, 0.15) is 12.6 Å². The van der Waals surface area contributed by atoms with Gasteiger partial charge in [-0.25, -0.2) is 0 Å². The number of ether oxygens (including phenoxy) is 2. The van der Waals surface area contributed by atoms with E-state index in [0.29, 0.717) is 24.0 Å². The summed E-state index contributed by atoms with van der Waals surface area (Å²) in [5.74, 6) is -1.01. The molecule has 0 radical (unpaired) electrons. The molecule has 0 aromatic heterocycles. The number of hydrogen-bond acceptors (Lipinski definition) is 8. The number of anilines is 1. The largest absolute Gasteiger partial charge is 0.480 e. The lowest BCUT2D eigenvalue weighted by atomic mass is 9.95. The quantitative estimate of drug-likeness (QED) is 0.248. The highest BCUT2D eigenvalue weighted by atomic mass is 79.9. The van der Waals surface area contributed by atoms with Gasteiger partial charge in [-0.1, -0.05) is 12.1 Å². The second-order valence-corrected chi connectivity index (χ2v) is 9.24. The fourth-order valence-electron chi connectivity index (χ4n) is 4.06. The predicted octanol–water partition coefficient (Wildman–Crippen LogP) is 2.66. The highest BCUT2D eigenvalue weighted by molar-refractivity contribution is 8.93. The Morgan fingerprint density at radius 2 is 1.97 bits per heavy atom. The molecule has 1 aromatic carbocycles. The van der Waals surface area contributed by atoms with E-state index in [2.05, 4.69) is 10.6 Å². The fourth-order valence-corrected chi connectivity index (χ4v) is 5.15. The fraction of sp³-hybridized carbons (Fsp3) is 0.609. The summed E-state index contributed by atoms with van der Waals surface area (Å²) in [6.45, 7) is 4.16. The Morgan fingerprint density at radius 3 is 2.66 bits per heavy atom. The molecule has 0 unspecified atom stereocenters. The van der Waals surface area contributed by atoms with Crippen LogP contribution in [0.5, 0.6) is 0 Å². The summed E-state index contributed by atoms with van der Waals surface area (Å²) in [4.78, 5) is 39.4. The first-order valence-electron chi connectivity index (χ1n) is 11.5. The number of carboxylic acid groups (broad SMARTS) is 1. The van der Waals surface area contributed by atoms with Crippen molar-refractivity contribution in [3.05, 3.63) is 24.3 Å². The number of carboxylic acids is 1. The predicted molar refractivity (Wildman–Crippen MR) is 146 cm³/mol. The van der Waals surface area contributed by atoms with Gasteiger partial charge in [0.15, 0.2) is 0 Å². The molecule has 1 fully saturated rings. The van der Waals surface area contributed by atoms with E-state index in [1.165, 1.54) is 16.7 Å². The molecule has 198 valence electrons. The van der Waals surface area contributed by atoms with Crippen LogP contribution in [0.15, 0.2) is 29.2 Å². The lowest BCUT2D eigenvalue weighted by Gasteiger charge is -2.27. The van der Waals surface area contributed by atoms with Gasteiger partial charge in [-0.2, -0.15) is 0 Å². The number of rotatable bonds is 11. The number of carbonyl (C=O) groups is 3. The molecule has 0 saturated carbocycles. The van der Waals surface area contributed by atoms with Crippen LogP contribution >= 0.6 is 45.7 Å². The molecule has 1 aromatic rings. The Labute approximate surface area is 231 Å². The zero-order valence-electron chi connectivity index (χ0n) is 19.8. The summed E-state index contributed by atoms with van der Waals surface area (Å²) in [5.41, 5.74) is 0.560. The van der Waals surface area contributed by atoms with Crippen LogP contribution in [0, 0.1) is 5.92 Å². The average molecular weight is 641 g/mol. The van der Waals surface area contributed by atoms with Crippen LogP contribution in [-0.2, 0) is 23.9 Å². The van der Waals surface area contributed by atoms with E-state index in [-0.39, 0.29) is 53.1 Å². The zero-order chi connectivity index (χ0) is 23.6. The monoisotopic (exact) mass is 639 g/mol. The number of para-hydroxylation sites is 1. The summed E-state index contributed by atoms with van der Waals surface area (Å²) in [6.07, 6.45) is 3.17. The van der Waals surface area contributed by atoms with Crippen molar-refractivity contribution in [3.8, 4) is 0 Å². The van der Waals surface area contributed by atoms with Crippen molar-refractivity contribution in [2.45, 2.75) is 43.2 Å². The SMILES string of the molecule is Br.Br.CCOC(=O)[C@H](COCCC1CCNCC1)N[C@H]1CSc2ccccc2N(CC(=O)O)C1=O. The second-order valence-electron chi connectivity index (χ2n) is 8.18. The Kier molecular flexibility index (Phi) is 15.1. The molecule has 3 rings (SSSR count). The number of amides is 1. The molecule has 2 heterocycles. The van der Waals surface area contributed by atoms with E-state index in [4.69, 9.17) is 9.47 Å². The van der Waals surface area contributed by atoms with Crippen LogP contribution in [0.3, 0.4) is 0 Å². The summed E-state index contributed by atoms with van der Waals surface area (Å²) in [5, 5.41) is 15.8. The number of benzene rings is 1. The smallest absolute Gasteiger partial charge is 0.325 e. The van der Waals surface area contributed by atoms with Crippen molar-refractivity contribution in [1.82, 2.24) is 10.6 Å². The normalized spacial score (nSPS) is 18.9. The van der Waals surface area contributed by atoms with Gasteiger partial charge < -0.3 is 19.9 Å². The molecule has 2 aliphatic heterocycles. The first-order chi connectivity index (χ1) is 16.0. The summed E-state index contributed by atoms with van der Waals surface area (Å²) < 4.78 is 11.0. The summed E-state index contributed by atoms with van der Waals surface area (Å²) in [6, 6.07) is 5.63. The lowest BCUT2D eigenvalue weighted by molar-refractivity contribution is -0.148. The van der Waals surface area contributed by atoms with E-state index in [1.807, 2.05) is 12.1 Å². The maximum absolute atomic E-state index is 13.3. The number of carbonyl (C=O) groups excluding carboxylic acids is 2. The van der Waals surface area contributed by atoms with Crippen molar-refractivity contribution in [3.63, 3.8) is 0 Å². The molecule has 3 N–H and O–H groups in total. The highest BCUT2D eigenvalue weighted by Gasteiger charge is 2.35. The van der Waals surface area contributed by atoms with Crippen molar-refractivity contribution in [1.29, 1.82) is 0 Å². The first-order valence-corrected chi connectivity index (χ1v) is 12.4. The maximum Gasteiger partial charge on any atom is 0.325 e. The van der Waals surface area contributed by atoms with Gasteiger partial charge in [-0.3, -0.25) is 24.6 Å². The molecule has 9 nitrogen and oxygen atoms in total. The van der Waals surface area contributed by atoms with Crippen molar-refractivity contribution in [2.24, 2.45) is 5.92 Å². The third kappa shape index (κ3) is 9.66. The van der Waals surface area contributed by atoms with Crippen LogP contribution in [0.25, 0.3) is 0 Å². The number of nitrogens with one attached hydrogen (secondary N) is 2. The van der Waals surface area contributed by atoms with Crippen LogP contribution < -0.4 is 15.5 Å². The molecule has 35 heavy (non-hydrogen) atoms. The standard InChI is InChI=1S/C23H33N3O6S.2BrH/c1-2-32-23(30)17(14-31-12-9-16-7-10-24-11-8-16)25-18-15-33-20-6-4-3-5-19(20)26(22(18)29)13-21(27)28;;/h3-6,16-18,24-25H,2,7-15H2,1H3,(H,27,28);2*1H/t17-,18-;;/m0../s1. The van der Waals surface area contributed by atoms with Gasteiger partial charge in [0, 0.05) is 17.3 Å². The topological polar surface area (TPSA) is 117 Å². The number of thioether (sulfide) groups is 1. The van der Waals surface area contributed by atoms with Crippen LogP contribution in [-0.4, -0.2) is 80.2 Å². The molecule has 1 amide bonds. The lowest BCUT2D eigenvalue weighted by Crippen LogP contribution is -2.55. The third-order valence-electron chi connectivity index (χ3n) is 5.81. The Balaban J connectivity index is 0.00000306. The number of piperidine rings is 1. The zero-order valence-corrected chi connectivity index (χ0v) is 24.0. The highest BCUT2D eigenvalue weighted by Crippen LogP contribution is 2.34. The Bertz CT molecular complexity index is 828. The van der Waals surface area contributed by atoms with E-state index in [0.717, 1.165) is 37.2 Å². The minimum Gasteiger partial charge on any atom is -0.480 e. The van der Waals surface area contributed by atoms with Crippen molar-refractivity contribution >= 4 is 69.3 Å². The van der Waals surface area contributed by atoms with Gasteiger partial charge in [-0.15, -0.1) is 45.7 Å². The number of halogens is 2. The number of aliphatic carboxylic acids is 1. The van der Waals surface area contributed by atoms with E-state index in [9.17, 15) is 19.5 Å². The number of fused-ring (bicyclic) bond motifs is 1. The number of hydrogen-bond donors (Lipinski definition) is 3. The second kappa shape index (κ2) is 16.5. The molecule has 2 atom stereocenters. The Hall–Kier alpha value is -1.18. The van der Waals surface area contributed by atoms with Gasteiger partial charge in [0.05, 0.1) is 24.9 Å². The number of nitrogens with zero attached hydrogens (tertiary/aromatic N) is 1. The third-order valence-corrected chi connectivity index (χ3v) is 6.96. The Morgan fingerprint density at radius 1 is 1.26 bits per heavy atom. The number of esters is 1. The average Bonchev–Trinajstić information content (AvgIpc) is 2.93. The van der Waals surface area contributed by atoms with Gasteiger partial charge in [-0.05, 0) is 57.3 Å². The van der Waals surface area contributed by atoms with E-state index in [1.54, 1.807) is 19.1 Å². The minimum absolute atomic E-state index is 0. The van der Waals surface area contributed by atoms with Crippen LogP contribution in [0.2, 0.25) is 0 Å². The van der Waals surface area contributed by atoms with Gasteiger partial charge in [0.2, 0.25) is 5.91 Å². The van der Waals surface area contributed by atoms with Crippen molar-refractivity contribution < 1.29 is 29.0 Å². The molecule has 2 aliphatic rings. The van der Waals surface area contributed by atoms with Crippen LogP contribution in [0.4, 0.5) is 5.69 Å². The molecule has 1 saturated heterocycles. The van der Waals surface area contributed by atoms with E-state index < -0.39 is 30.6 Å². The first kappa shape index (κ1) is 31.8. The molecular formula is C23H35Br2N3O6S. The molecule has 0 aliphatic carbocycles. The maximum atomic E-state index is 13.3. The molecule has 0 spiro atoms. The molecule has 12 heteroatoms. The van der Waals surface area contributed by atoms with Crippen molar-refractivity contribution in [2.75, 3.05) is 50.1 Å².